The Balaban J connectivity index is 6.92. The minimum absolute atomic E-state index is 0.246. The Morgan fingerprint density at radius 3 is 0.868 bits per heavy atom. The van der Waals surface area contributed by atoms with Gasteiger partial charge in [-0.1, -0.05) is 0 Å². The van der Waals surface area contributed by atoms with Crippen LogP contribution in [-0.2, 0) is 0 Å². The maximum atomic E-state index is 13.8. The number of hydrogen-bond donors (Lipinski definition) is 0. The van der Waals surface area contributed by atoms with Crippen molar-refractivity contribution >= 4 is 0 Å². The van der Waals surface area contributed by atoms with E-state index in [1.165, 1.54) is 6.92 Å². The molecule has 0 aliphatic rings. The summed E-state index contributed by atoms with van der Waals surface area (Å²) in [5.74, 6) is -76.4. The van der Waals surface area contributed by atoms with E-state index in [1.807, 2.05) is 0 Å². The Labute approximate surface area is 198 Å². The van der Waals surface area contributed by atoms with E-state index in [1.54, 1.807) is 0 Å². The van der Waals surface area contributed by atoms with E-state index >= 15 is 0 Å². The van der Waals surface area contributed by atoms with Crippen LogP contribution in [0.2, 0.25) is 0 Å². The van der Waals surface area contributed by atoms with Gasteiger partial charge in [-0.15, -0.1) is 0 Å². The van der Waals surface area contributed by atoms with Gasteiger partial charge < -0.3 is 4.48 Å². The quantitative estimate of drug-likeness (QED) is 0.155. The van der Waals surface area contributed by atoms with Gasteiger partial charge >= 0.3 is 59.5 Å². The fourth-order valence-corrected chi connectivity index (χ4v) is 2.35. The minimum Gasteiger partial charge on any atom is -0.329 e. The lowest BCUT2D eigenvalue weighted by molar-refractivity contribution is -0.889. The summed E-state index contributed by atoms with van der Waals surface area (Å²) in [5, 5.41) is 0. The van der Waals surface area contributed by atoms with Crippen LogP contribution in [0.3, 0.4) is 0 Å². The van der Waals surface area contributed by atoms with E-state index in [-0.39, 0.29) is 6.54 Å². The van der Waals surface area contributed by atoms with Crippen molar-refractivity contribution in [2.24, 2.45) is 0 Å². The number of nitrogens with zero attached hydrogens (tertiary/aromatic N) is 1. The Morgan fingerprint density at radius 1 is 0.395 bits per heavy atom. The van der Waals surface area contributed by atoms with E-state index in [0.29, 0.717) is 0 Å². The maximum absolute atomic E-state index is 13.8. The molecule has 0 aliphatic heterocycles. The van der Waals surface area contributed by atoms with Gasteiger partial charge in [0.05, 0.1) is 33.6 Å². The molecule has 0 spiro atoms. The molecule has 0 aromatic heterocycles. The van der Waals surface area contributed by atoms with Crippen LogP contribution in [0, 0.1) is 0 Å². The van der Waals surface area contributed by atoms with Crippen molar-refractivity contribution in [3.63, 3.8) is 0 Å². The lowest BCUT2D eigenvalue weighted by Crippen LogP contribution is -2.76. The summed E-state index contributed by atoms with van der Waals surface area (Å²) in [7, 11) is 1.91. The van der Waals surface area contributed by atoms with Crippen LogP contribution >= 0.6 is 0 Å². The molecule has 0 heterocycles. The van der Waals surface area contributed by atoms with Gasteiger partial charge in [0.2, 0.25) is 0 Å². The maximum Gasteiger partial charge on any atom is 0.460 e. The molecule has 230 valence electrons. The molecule has 0 unspecified atom stereocenters. The van der Waals surface area contributed by atoms with Gasteiger partial charge in [0, 0.05) is 0 Å². The van der Waals surface area contributed by atoms with Crippen molar-refractivity contribution in [1.29, 1.82) is 0 Å². The van der Waals surface area contributed by atoms with E-state index in [0.717, 1.165) is 14.1 Å². The standard InChI is InChI=1S/C16H15F21N/c1-4-38(2,3)6-5-7(17,18)8(19,20)9(21,22)10(23,24)11(25,26)12(27,28)13(29,30)14(31,32)15(33,34)16(35,36)37/h4-6H2,1-3H3/q+1. The van der Waals surface area contributed by atoms with Gasteiger partial charge in [-0.25, -0.2) is 0 Å². The predicted molar refractivity (Wildman–Crippen MR) is 82.7 cm³/mol. The second-order valence-corrected chi connectivity index (χ2v) is 8.52. The molecule has 0 N–H and O–H groups in total. The van der Waals surface area contributed by atoms with Crippen molar-refractivity contribution in [3.8, 4) is 0 Å². The largest absolute Gasteiger partial charge is 0.460 e. The van der Waals surface area contributed by atoms with Crippen LogP contribution in [0.1, 0.15) is 13.3 Å². The molecular weight excluding hydrogens is 605 g/mol. The average Bonchev–Trinajstić information content (AvgIpc) is 2.70. The summed E-state index contributed by atoms with van der Waals surface area (Å²) in [4.78, 5) is 0. The lowest BCUT2D eigenvalue weighted by atomic mass is 9.86. The number of halogens is 21. The van der Waals surface area contributed by atoms with Gasteiger partial charge in [0.25, 0.3) is 0 Å². The van der Waals surface area contributed by atoms with Crippen molar-refractivity contribution in [2.75, 3.05) is 27.2 Å². The third-order valence-corrected chi connectivity index (χ3v) is 5.46. The van der Waals surface area contributed by atoms with Crippen LogP contribution in [0.15, 0.2) is 0 Å². The molecule has 0 radical (unpaired) electrons. The van der Waals surface area contributed by atoms with Crippen molar-refractivity contribution in [1.82, 2.24) is 0 Å². The number of quaternary nitrogens is 1. The minimum atomic E-state index is -9.14. The Kier molecular flexibility index (Phi) is 8.90. The molecule has 0 amide bonds. The number of hydrogen-bond acceptors (Lipinski definition) is 0. The van der Waals surface area contributed by atoms with Crippen molar-refractivity contribution < 1.29 is 96.7 Å². The van der Waals surface area contributed by atoms with Crippen molar-refractivity contribution in [3.05, 3.63) is 0 Å². The zero-order valence-corrected chi connectivity index (χ0v) is 18.5. The normalized spacial score (nSPS) is 16.7. The summed E-state index contributed by atoms with van der Waals surface area (Å²) >= 11 is 0. The summed E-state index contributed by atoms with van der Waals surface area (Å²) in [6.07, 6.45) is -10.6. The second-order valence-electron chi connectivity index (χ2n) is 8.52. The molecule has 0 aromatic carbocycles. The molecule has 0 aromatic rings. The van der Waals surface area contributed by atoms with Gasteiger partial charge in [-0.2, -0.15) is 92.2 Å². The SMILES string of the molecule is CC[N+](C)(C)CCC(F)(F)C(F)(F)C(F)(F)C(F)(F)C(F)(F)C(F)(F)C(F)(F)C(F)(F)C(F)(F)C(F)(F)F. The fourth-order valence-electron chi connectivity index (χ4n) is 2.35. The molecule has 22 heteroatoms. The Bertz CT molecular complexity index is 837. The van der Waals surface area contributed by atoms with E-state index < -0.39 is 76.9 Å². The smallest absolute Gasteiger partial charge is 0.329 e. The highest BCUT2D eigenvalue weighted by Gasteiger charge is 2.97. The van der Waals surface area contributed by atoms with E-state index in [2.05, 4.69) is 0 Å². The Hall–Kier alpha value is -1.51. The molecule has 0 aliphatic carbocycles. The number of alkyl halides is 21. The molecule has 0 rings (SSSR count). The summed E-state index contributed by atoms with van der Waals surface area (Å²) in [5.41, 5.74) is 0. The lowest BCUT2D eigenvalue weighted by Gasteiger charge is -2.44. The summed E-state index contributed by atoms with van der Waals surface area (Å²) < 4.78 is 278. The molecule has 1 nitrogen and oxygen atoms in total. The monoisotopic (exact) mass is 620 g/mol. The molecule has 0 saturated heterocycles. The summed E-state index contributed by atoms with van der Waals surface area (Å²) in [6.45, 7) is -0.394. The van der Waals surface area contributed by atoms with Crippen LogP contribution in [-0.4, -0.2) is 91.1 Å². The first-order valence-corrected chi connectivity index (χ1v) is 9.31. The molecule has 0 atom stereocenters. The zero-order valence-electron chi connectivity index (χ0n) is 18.5. The molecule has 0 fully saturated rings. The third kappa shape index (κ3) is 4.83. The van der Waals surface area contributed by atoms with Crippen LogP contribution in [0.4, 0.5) is 92.2 Å². The van der Waals surface area contributed by atoms with Gasteiger partial charge in [0.1, 0.15) is 0 Å². The number of rotatable bonds is 12. The van der Waals surface area contributed by atoms with Crippen LogP contribution in [0.5, 0.6) is 0 Å². The van der Waals surface area contributed by atoms with Crippen LogP contribution in [0.25, 0.3) is 0 Å². The molecule has 38 heavy (non-hydrogen) atoms. The van der Waals surface area contributed by atoms with Crippen LogP contribution < -0.4 is 0 Å². The Morgan fingerprint density at radius 2 is 0.632 bits per heavy atom. The first kappa shape index (κ1) is 36.5. The fraction of sp³-hybridized carbons (Fsp3) is 1.00. The highest BCUT2D eigenvalue weighted by molar-refractivity contribution is 5.17. The third-order valence-electron chi connectivity index (χ3n) is 5.46. The zero-order chi connectivity index (χ0) is 31.6. The average molecular weight is 620 g/mol. The van der Waals surface area contributed by atoms with Gasteiger partial charge in [-0.05, 0) is 6.92 Å². The molecular formula is C16H15F21N+. The first-order valence-electron chi connectivity index (χ1n) is 9.31. The highest BCUT2D eigenvalue weighted by Crippen LogP contribution is 2.66. The predicted octanol–water partition coefficient (Wildman–Crippen LogP) is 7.75. The molecule has 0 bridgehead atoms. The molecule has 0 saturated carbocycles. The van der Waals surface area contributed by atoms with Crippen molar-refractivity contribution in [2.45, 2.75) is 72.8 Å². The van der Waals surface area contributed by atoms with E-state index in [4.69, 9.17) is 0 Å². The highest BCUT2D eigenvalue weighted by atomic mass is 19.4. The van der Waals surface area contributed by atoms with Gasteiger partial charge in [-0.3, -0.25) is 0 Å². The first-order chi connectivity index (χ1) is 16.0. The topological polar surface area (TPSA) is 0 Å². The summed E-state index contributed by atoms with van der Waals surface area (Å²) in [6, 6.07) is 0. The second kappa shape index (κ2) is 9.27. The van der Waals surface area contributed by atoms with E-state index in [9.17, 15) is 92.2 Å². The van der Waals surface area contributed by atoms with Gasteiger partial charge in [0.15, 0.2) is 0 Å².